The zero-order chi connectivity index (χ0) is 20.8. The summed E-state index contributed by atoms with van der Waals surface area (Å²) < 4.78 is 5.30. The van der Waals surface area contributed by atoms with Crippen LogP contribution in [-0.2, 0) is 11.2 Å². The molecule has 0 unspecified atom stereocenters. The maximum absolute atomic E-state index is 12.3. The number of carboxylic acid groups (broad SMARTS) is 1. The summed E-state index contributed by atoms with van der Waals surface area (Å²) in [6, 6.07) is 10.1. The summed E-state index contributed by atoms with van der Waals surface area (Å²) in [7, 11) is 3.14. The highest BCUT2D eigenvalue weighted by atomic mass is 16.5. The van der Waals surface area contributed by atoms with Crippen LogP contribution in [0.1, 0.15) is 26.3 Å². The fourth-order valence-electron chi connectivity index (χ4n) is 2.30. The van der Waals surface area contributed by atoms with Crippen molar-refractivity contribution in [1.82, 2.24) is 4.90 Å². The molecule has 0 radical (unpaired) electrons. The molecule has 2 aromatic carbocycles. The van der Waals surface area contributed by atoms with Gasteiger partial charge in [-0.15, -0.1) is 0 Å². The molecule has 146 valence electrons. The molecule has 0 fully saturated rings. The molecular formula is C19H20N4O5. The summed E-state index contributed by atoms with van der Waals surface area (Å²) >= 11 is 0. The predicted octanol–water partition coefficient (Wildman–Crippen LogP) is 1.14. The number of esters is 1. The Labute approximate surface area is 161 Å². The van der Waals surface area contributed by atoms with Crippen LogP contribution < -0.4 is 16.2 Å². The fourth-order valence-corrected chi connectivity index (χ4v) is 2.30. The minimum atomic E-state index is -1.17. The van der Waals surface area contributed by atoms with E-state index in [4.69, 9.17) is 16.2 Å². The van der Waals surface area contributed by atoms with E-state index in [9.17, 15) is 19.5 Å². The normalized spacial score (nSPS) is 10.1. The monoisotopic (exact) mass is 384 g/mol. The highest BCUT2D eigenvalue weighted by Crippen LogP contribution is 2.21. The number of nitrogens with two attached hydrogens (primary N) is 2. The molecule has 9 heteroatoms. The molecule has 0 saturated heterocycles. The molecule has 5 N–H and O–H groups in total. The molecule has 2 aromatic rings. The fraction of sp³-hybridized carbons (Fsp3) is 0.158. The van der Waals surface area contributed by atoms with E-state index in [1.807, 2.05) is 0 Å². The lowest BCUT2D eigenvalue weighted by Crippen LogP contribution is -2.24. The average Bonchev–Trinajstić information content (AvgIpc) is 2.61. The number of ether oxygens (including phenoxy) is 1. The van der Waals surface area contributed by atoms with E-state index in [0.29, 0.717) is 5.69 Å². The quantitative estimate of drug-likeness (QED) is 0.293. The van der Waals surface area contributed by atoms with Crippen LogP contribution in [0.15, 0.2) is 47.5 Å². The van der Waals surface area contributed by atoms with Crippen molar-refractivity contribution in [2.24, 2.45) is 16.5 Å². The van der Waals surface area contributed by atoms with Crippen LogP contribution >= 0.6 is 0 Å². The Morgan fingerprint density at radius 3 is 2.25 bits per heavy atom. The van der Waals surface area contributed by atoms with Crippen LogP contribution in [0.5, 0.6) is 5.75 Å². The van der Waals surface area contributed by atoms with Crippen LogP contribution in [0.25, 0.3) is 0 Å². The highest BCUT2D eigenvalue weighted by Gasteiger charge is 2.17. The number of carbonyl (C=O) groups is 3. The molecule has 0 aliphatic rings. The lowest BCUT2D eigenvalue weighted by molar-refractivity contribution is -0.127. The Balaban J connectivity index is 2.23. The third-order valence-corrected chi connectivity index (χ3v) is 3.72. The third kappa shape index (κ3) is 5.31. The zero-order valence-electron chi connectivity index (χ0n) is 15.4. The van der Waals surface area contributed by atoms with Gasteiger partial charge in [-0.25, -0.2) is 14.6 Å². The van der Waals surface area contributed by atoms with Crippen molar-refractivity contribution in [2.75, 3.05) is 14.1 Å². The average molecular weight is 384 g/mol. The number of hydrogen-bond donors (Lipinski definition) is 3. The first-order valence-electron chi connectivity index (χ1n) is 8.15. The lowest BCUT2D eigenvalue weighted by atomic mass is 10.0. The molecule has 9 nitrogen and oxygen atoms in total. The molecule has 0 atom stereocenters. The Morgan fingerprint density at radius 2 is 1.71 bits per heavy atom. The van der Waals surface area contributed by atoms with Crippen LogP contribution in [-0.4, -0.2) is 47.9 Å². The van der Waals surface area contributed by atoms with Gasteiger partial charge < -0.3 is 26.2 Å². The SMILES string of the molecule is CN(C)C(=O)Cc1cc(OC(=O)c2ccc(N=C(N)N)cc2)ccc1C(=O)O. The van der Waals surface area contributed by atoms with Crippen LogP contribution in [0.4, 0.5) is 5.69 Å². The Bertz CT molecular complexity index is 932. The summed E-state index contributed by atoms with van der Waals surface area (Å²) in [6.45, 7) is 0. The Kier molecular flexibility index (Phi) is 6.33. The topological polar surface area (TPSA) is 148 Å². The maximum Gasteiger partial charge on any atom is 0.343 e. The molecule has 0 aliphatic carbocycles. The van der Waals surface area contributed by atoms with Gasteiger partial charge >= 0.3 is 11.9 Å². The van der Waals surface area contributed by atoms with Crippen LogP contribution in [0.2, 0.25) is 0 Å². The maximum atomic E-state index is 12.3. The van der Waals surface area contributed by atoms with Gasteiger partial charge in [0.1, 0.15) is 5.75 Å². The summed E-state index contributed by atoms with van der Waals surface area (Å²) in [4.78, 5) is 40.8. The van der Waals surface area contributed by atoms with E-state index in [1.165, 1.54) is 35.2 Å². The van der Waals surface area contributed by atoms with Crippen molar-refractivity contribution in [3.63, 3.8) is 0 Å². The van der Waals surface area contributed by atoms with Crippen LogP contribution in [0.3, 0.4) is 0 Å². The van der Waals surface area contributed by atoms with E-state index >= 15 is 0 Å². The number of carbonyl (C=O) groups excluding carboxylic acids is 2. The number of aliphatic imine (C=N–C) groups is 1. The first kappa shape index (κ1) is 20.4. The van der Waals surface area contributed by atoms with Gasteiger partial charge in [0, 0.05) is 14.1 Å². The van der Waals surface area contributed by atoms with Crippen molar-refractivity contribution in [1.29, 1.82) is 0 Å². The predicted molar refractivity (Wildman–Crippen MR) is 103 cm³/mol. The Hall–Kier alpha value is -3.88. The Morgan fingerprint density at radius 1 is 1.07 bits per heavy atom. The number of carboxylic acids is 1. The van der Waals surface area contributed by atoms with E-state index in [-0.39, 0.29) is 40.7 Å². The second kappa shape index (κ2) is 8.67. The van der Waals surface area contributed by atoms with Crippen LogP contribution in [0, 0.1) is 0 Å². The first-order valence-corrected chi connectivity index (χ1v) is 8.15. The van der Waals surface area contributed by atoms with E-state index in [2.05, 4.69) is 4.99 Å². The zero-order valence-corrected chi connectivity index (χ0v) is 15.4. The summed E-state index contributed by atoms with van der Waals surface area (Å²) in [5.41, 5.74) is 11.5. The van der Waals surface area contributed by atoms with Crippen molar-refractivity contribution < 1.29 is 24.2 Å². The van der Waals surface area contributed by atoms with Crippen molar-refractivity contribution in [3.05, 3.63) is 59.2 Å². The molecular weight excluding hydrogens is 364 g/mol. The summed E-state index contributed by atoms with van der Waals surface area (Å²) in [5, 5.41) is 9.30. The number of aromatic carboxylic acids is 1. The molecule has 28 heavy (non-hydrogen) atoms. The van der Waals surface area contributed by atoms with Gasteiger partial charge in [-0.2, -0.15) is 0 Å². The van der Waals surface area contributed by atoms with Gasteiger partial charge in [-0.1, -0.05) is 0 Å². The second-order valence-electron chi connectivity index (χ2n) is 6.06. The van der Waals surface area contributed by atoms with E-state index < -0.39 is 11.9 Å². The number of likely N-dealkylation sites (N-methyl/N-ethyl adjacent to an activating group) is 1. The molecule has 0 spiro atoms. The van der Waals surface area contributed by atoms with Gasteiger partial charge in [-0.3, -0.25) is 4.79 Å². The highest BCUT2D eigenvalue weighted by molar-refractivity contribution is 5.93. The molecule has 0 heterocycles. The standard InChI is InChI=1S/C19H20N4O5/c1-23(2)16(24)10-12-9-14(7-8-15(12)17(25)26)28-18(27)11-3-5-13(6-4-11)22-19(20)21/h3-9H,10H2,1-2H3,(H,25,26)(H4,20,21,22). The third-order valence-electron chi connectivity index (χ3n) is 3.72. The number of hydrogen-bond acceptors (Lipinski definition) is 5. The molecule has 0 bridgehead atoms. The number of guanidine groups is 1. The first-order chi connectivity index (χ1) is 13.2. The number of amides is 1. The van der Waals surface area contributed by atoms with Gasteiger partial charge in [0.05, 0.1) is 23.2 Å². The van der Waals surface area contributed by atoms with Crippen molar-refractivity contribution in [2.45, 2.75) is 6.42 Å². The van der Waals surface area contributed by atoms with Crippen molar-refractivity contribution >= 4 is 29.5 Å². The molecule has 1 amide bonds. The molecule has 0 saturated carbocycles. The number of benzene rings is 2. The number of rotatable bonds is 6. The lowest BCUT2D eigenvalue weighted by Gasteiger charge is -2.13. The summed E-state index contributed by atoms with van der Waals surface area (Å²) in [6.07, 6.45) is -0.132. The van der Waals surface area contributed by atoms with Gasteiger partial charge in [0.15, 0.2) is 5.96 Å². The van der Waals surface area contributed by atoms with Crippen molar-refractivity contribution in [3.8, 4) is 5.75 Å². The molecule has 0 aliphatic heterocycles. The smallest absolute Gasteiger partial charge is 0.343 e. The van der Waals surface area contributed by atoms with E-state index in [1.54, 1.807) is 26.2 Å². The van der Waals surface area contributed by atoms with E-state index in [0.717, 1.165) is 0 Å². The van der Waals surface area contributed by atoms with Gasteiger partial charge in [0.25, 0.3) is 0 Å². The minimum absolute atomic E-state index is 0.0309. The minimum Gasteiger partial charge on any atom is -0.478 e. The molecule has 0 aromatic heterocycles. The van der Waals surface area contributed by atoms with Gasteiger partial charge in [-0.05, 0) is 48.0 Å². The largest absolute Gasteiger partial charge is 0.478 e. The van der Waals surface area contributed by atoms with Gasteiger partial charge in [0.2, 0.25) is 5.91 Å². The number of nitrogens with zero attached hydrogens (tertiary/aromatic N) is 2. The summed E-state index contributed by atoms with van der Waals surface area (Å²) in [5.74, 6) is -2.07. The second-order valence-corrected chi connectivity index (χ2v) is 6.06. The molecule has 2 rings (SSSR count).